The topological polar surface area (TPSA) is 17.1 Å². The first-order valence-electron chi connectivity index (χ1n) is 6.98. The standard InChI is InChI=1S/C18H18O/c1-3-18(4-2)16-12-8-7-10-14(16)13-9-5-6-11-15(13)17(18)19/h5-12H,3-4H2,1-2H3. The van der Waals surface area contributed by atoms with Crippen LogP contribution in [0.1, 0.15) is 42.6 Å². The molecule has 0 heterocycles. The maximum atomic E-state index is 13.0. The van der Waals surface area contributed by atoms with Gasteiger partial charge in [-0.15, -0.1) is 0 Å². The fourth-order valence-corrected chi connectivity index (χ4v) is 3.38. The SMILES string of the molecule is CCC1(CC)C(=O)c2ccccc2-c2ccccc21. The maximum Gasteiger partial charge on any atom is 0.173 e. The number of carbonyl (C=O) groups excluding carboxylic acids is 1. The molecule has 1 aliphatic carbocycles. The molecule has 0 bridgehead atoms. The highest BCUT2D eigenvalue weighted by Gasteiger charge is 2.42. The summed E-state index contributed by atoms with van der Waals surface area (Å²) in [6, 6.07) is 16.3. The van der Waals surface area contributed by atoms with Gasteiger partial charge in [-0.05, 0) is 29.5 Å². The van der Waals surface area contributed by atoms with Gasteiger partial charge in [0.15, 0.2) is 5.78 Å². The van der Waals surface area contributed by atoms with Crippen LogP contribution in [0.2, 0.25) is 0 Å². The van der Waals surface area contributed by atoms with Gasteiger partial charge in [-0.2, -0.15) is 0 Å². The summed E-state index contributed by atoms with van der Waals surface area (Å²) in [5.74, 6) is 0.284. The van der Waals surface area contributed by atoms with Crippen molar-refractivity contribution < 1.29 is 4.79 Å². The molecule has 0 fully saturated rings. The zero-order valence-corrected chi connectivity index (χ0v) is 11.4. The molecule has 0 spiro atoms. The van der Waals surface area contributed by atoms with Crippen molar-refractivity contribution in [2.75, 3.05) is 0 Å². The minimum Gasteiger partial charge on any atom is -0.293 e. The molecule has 1 aliphatic rings. The Morgan fingerprint density at radius 3 is 1.95 bits per heavy atom. The van der Waals surface area contributed by atoms with E-state index < -0.39 is 0 Å². The van der Waals surface area contributed by atoms with Gasteiger partial charge in [-0.25, -0.2) is 0 Å². The summed E-state index contributed by atoms with van der Waals surface area (Å²) in [6.45, 7) is 4.23. The smallest absolute Gasteiger partial charge is 0.173 e. The lowest BCUT2D eigenvalue weighted by Crippen LogP contribution is -2.38. The highest BCUT2D eigenvalue weighted by molar-refractivity contribution is 6.12. The zero-order valence-electron chi connectivity index (χ0n) is 11.4. The minimum absolute atomic E-state index is 0.284. The molecule has 2 aromatic carbocycles. The number of hydrogen-bond acceptors (Lipinski definition) is 1. The summed E-state index contributed by atoms with van der Waals surface area (Å²) in [5, 5.41) is 0. The van der Waals surface area contributed by atoms with E-state index in [1.807, 2.05) is 24.3 Å². The summed E-state index contributed by atoms with van der Waals surface area (Å²) in [4.78, 5) is 13.0. The monoisotopic (exact) mass is 250 g/mol. The van der Waals surface area contributed by atoms with E-state index >= 15 is 0 Å². The van der Waals surface area contributed by atoms with Crippen LogP contribution in [-0.2, 0) is 5.41 Å². The molecule has 1 nitrogen and oxygen atoms in total. The first kappa shape index (κ1) is 12.2. The average Bonchev–Trinajstić information content (AvgIpc) is 2.49. The van der Waals surface area contributed by atoms with Crippen molar-refractivity contribution in [1.29, 1.82) is 0 Å². The number of Topliss-reactive ketones (excluding diaryl/α,β-unsaturated/α-hetero) is 1. The molecule has 0 unspecified atom stereocenters. The molecular weight excluding hydrogens is 232 g/mol. The summed E-state index contributed by atoms with van der Waals surface area (Å²) >= 11 is 0. The van der Waals surface area contributed by atoms with Crippen LogP contribution in [0, 0.1) is 0 Å². The van der Waals surface area contributed by atoms with E-state index in [4.69, 9.17) is 0 Å². The van der Waals surface area contributed by atoms with Crippen molar-refractivity contribution in [2.24, 2.45) is 0 Å². The summed E-state index contributed by atoms with van der Waals surface area (Å²) in [6.07, 6.45) is 1.71. The molecule has 0 aliphatic heterocycles. The third kappa shape index (κ3) is 1.51. The van der Waals surface area contributed by atoms with Gasteiger partial charge in [0.2, 0.25) is 0 Å². The number of carbonyl (C=O) groups is 1. The predicted molar refractivity (Wildman–Crippen MR) is 78.5 cm³/mol. The summed E-state index contributed by atoms with van der Waals surface area (Å²) < 4.78 is 0. The normalized spacial score (nSPS) is 15.8. The molecule has 0 aromatic heterocycles. The van der Waals surface area contributed by atoms with E-state index in [1.54, 1.807) is 0 Å². The van der Waals surface area contributed by atoms with Crippen LogP contribution in [0.25, 0.3) is 11.1 Å². The molecule has 0 radical (unpaired) electrons. The van der Waals surface area contributed by atoms with Crippen LogP contribution in [0.3, 0.4) is 0 Å². The van der Waals surface area contributed by atoms with Crippen molar-refractivity contribution in [3.63, 3.8) is 0 Å². The number of fused-ring (bicyclic) bond motifs is 3. The van der Waals surface area contributed by atoms with Gasteiger partial charge in [0.25, 0.3) is 0 Å². The fourth-order valence-electron chi connectivity index (χ4n) is 3.38. The van der Waals surface area contributed by atoms with E-state index in [9.17, 15) is 4.79 Å². The first-order chi connectivity index (χ1) is 9.24. The molecular formula is C18H18O. The second-order valence-electron chi connectivity index (χ2n) is 5.21. The maximum absolute atomic E-state index is 13.0. The fraction of sp³-hybridized carbons (Fsp3) is 0.278. The van der Waals surface area contributed by atoms with Crippen LogP contribution in [0.15, 0.2) is 48.5 Å². The van der Waals surface area contributed by atoms with Crippen LogP contribution in [0.4, 0.5) is 0 Å². The minimum atomic E-state index is -0.342. The highest BCUT2D eigenvalue weighted by atomic mass is 16.1. The largest absolute Gasteiger partial charge is 0.293 e. The molecule has 19 heavy (non-hydrogen) atoms. The molecule has 96 valence electrons. The lowest BCUT2D eigenvalue weighted by Gasteiger charge is -2.37. The van der Waals surface area contributed by atoms with Crippen molar-refractivity contribution in [3.8, 4) is 11.1 Å². The Kier molecular flexibility index (Phi) is 2.78. The van der Waals surface area contributed by atoms with Crippen LogP contribution >= 0.6 is 0 Å². The van der Waals surface area contributed by atoms with Gasteiger partial charge in [0, 0.05) is 5.56 Å². The van der Waals surface area contributed by atoms with Crippen molar-refractivity contribution in [3.05, 3.63) is 59.7 Å². The van der Waals surface area contributed by atoms with Crippen molar-refractivity contribution >= 4 is 5.78 Å². The van der Waals surface area contributed by atoms with E-state index in [0.717, 1.165) is 24.0 Å². The van der Waals surface area contributed by atoms with Gasteiger partial charge >= 0.3 is 0 Å². The molecule has 0 saturated heterocycles. The highest BCUT2D eigenvalue weighted by Crippen LogP contribution is 2.46. The second kappa shape index (κ2) is 4.34. The van der Waals surface area contributed by atoms with E-state index in [2.05, 4.69) is 38.1 Å². The molecule has 3 rings (SSSR count). The molecule has 0 saturated carbocycles. The zero-order chi connectivity index (χ0) is 13.5. The van der Waals surface area contributed by atoms with Gasteiger partial charge in [-0.3, -0.25) is 4.79 Å². The average molecular weight is 250 g/mol. The molecule has 0 N–H and O–H groups in total. The van der Waals surface area contributed by atoms with Crippen LogP contribution in [-0.4, -0.2) is 5.78 Å². The molecule has 2 aromatic rings. The Morgan fingerprint density at radius 1 is 0.789 bits per heavy atom. The van der Waals surface area contributed by atoms with Gasteiger partial charge < -0.3 is 0 Å². The Labute approximate surface area is 114 Å². The van der Waals surface area contributed by atoms with Gasteiger partial charge in [-0.1, -0.05) is 62.4 Å². The van der Waals surface area contributed by atoms with Gasteiger partial charge in [0.1, 0.15) is 0 Å². The number of hydrogen-bond donors (Lipinski definition) is 0. The Morgan fingerprint density at radius 2 is 1.32 bits per heavy atom. The number of ketones is 1. The lowest BCUT2D eigenvalue weighted by molar-refractivity contribution is 0.0870. The van der Waals surface area contributed by atoms with Gasteiger partial charge in [0.05, 0.1) is 5.41 Å². The van der Waals surface area contributed by atoms with Crippen molar-refractivity contribution in [2.45, 2.75) is 32.1 Å². The summed E-state index contributed by atoms with van der Waals surface area (Å²) in [5.41, 5.74) is 4.04. The third-order valence-corrected chi connectivity index (χ3v) is 4.55. The molecule has 0 atom stereocenters. The van der Waals surface area contributed by atoms with E-state index in [-0.39, 0.29) is 11.2 Å². The number of rotatable bonds is 2. The lowest BCUT2D eigenvalue weighted by atomic mass is 9.64. The Balaban J connectivity index is 2.39. The predicted octanol–water partition coefficient (Wildman–Crippen LogP) is 4.61. The van der Waals surface area contributed by atoms with Crippen molar-refractivity contribution in [1.82, 2.24) is 0 Å². The third-order valence-electron chi connectivity index (χ3n) is 4.55. The first-order valence-corrected chi connectivity index (χ1v) is 6.98. The van der Waals surface area contributed by atoms with Crippen LogP contribution in [0.5, 0.6) is 0 Å². The Bertz CT molecular complexity index is 636. The summed E-state index contributed by atoms with van der Waals surface area (Å²) in [7, 11) is 0. The quantitative estimate of drug-likeness (QED) is 0.760. The van der Waals surface area contributed by atoms with E-state index in [0.29, 0.717) is 0 Å². The molecule has 0 amide bonds. The number of benzene rings is 2. The Hall–Kier alpha value is -1.89. The second-order valence-corrected chi connectivity index (χ2v) is 5.21. The van der Waals surface area contributed by atoms with E-state index in [1.165, 1.54) is 11.1 Å². The molecule has 1 heteroatoms. The van der Waals surface area contributed by atoms with Crippen LogP contribution < -0.4 is 0 Å².